The van der Waals surface area contributed by atoms with Crippen LogP contribution in [-0.4, -0.2) is 32.1 Å². The Morgan fingerprint density at radius 3 is 2.57 bits per heavy atom. The molecule has 0 unspecified atom stereocenters. The van der Waals surface area contributed by atoms with Crippen molar-refractivity contribution in [3.05, 3.63) is 28.8 Å². The number of benzene rings is 1. The predicted molar refractivity (Wildman–Crippen MR) is 90.0 cm³/mol. The van der Waals surface area contributed by atoms with Gasteiger partial charge in [-0.15, -0.1) is 0 Å². The molecule has 0 bridgehead atoms. The molecule has 0 heterocycles. The van der Waals surface area contributed by atoms with Gasteiger partial charge in [0.05, 0.1) is 10.7 Å². The minimum absolute atomic E-state index is 0.0308. The van der Waals surface area contributed by atoms with Crippen LogP contribution in [0.2, 0.25) is 5.02 Å². The van der Waals surface area contributed by atoms with Crippen molar-refractivity contribution in [2.24, 2.45) is 0 Å². The first-order chi connectivity index (χ1) is 9.74. The van der Waals surface area contributed by atoms with Crippen molar-refractivity contribution in [1.29, 1.82) is 0 Å². The molecule has 0 spiro atoms. The highest BCUT2D eigenvalue weighted by atomic mass is 35.5. The predicted octanol–water partition coefficient (Wildman–Crippen LogP) is 2.80. The Kier molecular flexibility index (Phi) is 6.49. The smallest absolute Gasteiger partial charge is 0.221 e. The van der Waals surface area contributed by atoms with Gasteiger partial charge in [0, 0.05) is 39.1 Å². The monoisotopic (exact) mass is 311 g/mol. The van der Waals surface area contributed by atoms with E-state index in [0.29, 0.717) is 18.0 Å². The van der Waals surface area contributed by atoms with Gasteiger partial charge in [-0.1, -0.05) is 23.7 Å². The molecule has 4 nitrogen and oxygen atoms in total. The van der Waals surface area contributed by atoms with Gasteiger partial charge >= 0.3 is 0 Å². The quantitative estimate of drug-likeness (QED) is 0.849. The summed E-state index contributed by atoms with van der Waals surface area (Å²) in [6, 6.07) is 5.91. The molecule has 2 N–H and O–H groups in total. The zero-order chi connectivity index (χ0) is 16.0. The van der Waals surface area contributed by atoms with Crippen molar-refractivity contribution >= 4 is 23.2 Å². The minimum Gasteiger partial charge on any atom is -0.373 e. The van der Waals surface area contributed by atoms with Crippen LogP contribution in [0.3, 0.4) is 0 Å². The molecule has 0 atom stereocenters. The van der Waals surface area contributed by atoms with Crippen LogP contribution in [0.1, 0.15) is 32.8 Å². The Morgan fingerprint density at radius 1 is 1.33 bits per heavy atom. The Labute approximate surface area is 132 Å². The first kappa shape index (κ1) is 17.8. The maximum atomic E-state index is 11.4. The highest BCUT2D eigenvalue weighted by molar-refractivity contribution is 6.33. The lowest BCUT2D eigenvalue weighted by atomic mass is 10.1. The standard InChI is InChI=1S/C16H26ClN3O/c1-16(2,3)19-11-12-7-6-8-13(17)15(12)20(5)10-9-14(21)18-4/h6-8,19H,9-11H2,1-5H3,(H,18,21). The van der Waals surface area contributed by atoms with Crippen LogP contribution in [0.4, 0.5) is 5.69 Å². The molecule has 0 aliphatic carbocycles. The van der Waals surface area contributed by atoms with E-state index in [4.69, 9.17) is 11.6 Å². The van der Waals surface area contributed by atoms with E-state index in [-0.39, 0.29) is 11.4 Å². The van der Waals surface area contributed by atoms with Crippen LogP contribution in [0.5, 0.6) is 0 Å². The summed E-state index contributed by atoms with van der Waals surface area (Å²) < 4.78 is 0. The van der Waals surface area contributed by atoms with E-state index in [1.165, 1.54) is 0 Å². The number of carbonyl (C=O) groups excluding carboxylic acids is 1. The number of halogens is 1. The number of nitrogens with zero attached hydrogens (tertiary/aromatic N) is 1. The Morgan fingerprint density at radius 2 is 2.00 bits per heavy atom. The van der Waals surface area contributed by atoms with E-state index in [2.05, 4.69) is 37.5 Å². The molecular formula is C16H26ClN3O. The molecule has 5 heteroatoms. The normalized spacial score (nSPS) is 11.3. The number of carbonyl (C=O) groups is 1. The number of rotatable bonds is 6. The number of amides is 1. The van der Waals surface area contributed by atoms with Crippen molar-refractivity contribution in [3.63, 3.8) is 0 Å². The van der Waals surface area contributed by atoms with Crippen LogP contribution >= 0.6 is 11.6 Å². The number of para-hydroxylation sites is 1. The third-order valence-electron chi connectivity index (χ3n) is 3.21. The molecule has 0 aliphatic heterocycles. The Hall–Kier alpha value is -1.26. The lowest BCUT2D eigenvalue weighted by Gasteiger charge is -2.26. The van der Waals surface area contributed by atoms with Crippen LogP contribution in [-0.2, 0) is 11.3 Å². The van der Waals surface area contributed by atoms with Crippen LogP contribution < -0.4 is 15.5 Å². The van der Waals surface area contributed by atoms with Crippen molar-refractivity contribution in [3.8, 4) is 0 Å². The van der Waals surface area contributed by atoms with Crippen LogP contribution in [0, 0.1) is 0 Å². The lowest BCUT2D eigenvalue weighted by Crippen LogP contribution is -2.35. The molecule has 0 saturated heterocycles. The summed E-state index contributed by atoms with van der Waals surface area (Å²) in [5, 5.41) is 6.82. The lowest BCUT2D eigenvalue weighted by molar-refractivity contribution is -0.120. The molecule has 1 aromatic rings. The molecular weight excluding hydrogens is 286 g/mol. The van der Waals surface area contributed by atoms with E-state index in [0.717, 1.165) is 17.8 Å². The molecule has 0 fully saturated rings. The second-order valence-electron chi connectivity index (χ2n) is 6.20. The van der Waals surface area contributed by atoms with Gasteiger partial charge < -0.3 is 15.5 Å². The molecule has 1 rings (SSSR count). The largest absolute Gasteiger partial charge is 0.373 e. The number of hydrogen-bond acceptors (Lipinski definition) is 3. The minimum atomic E-state index is 0.0308. The zero-order valence-electron chi connectivity index (χ0n) is 13.6. The molecule has 118 valence electrons. The SMILES string of the molecule is CNC(=O)CCN(C)c1c(Cl)cccc1CNC(C)(C)C. The fraction of sp³-hybridized carbons (Fsp3) is 0.562. The second-order valence-corrected chi connectivity index (χ2v) is 6.60. The maximum Gasteiger partial charge on any atom is 0.221 e. The third-order valence-corrected chi connectivity index (χ3v) is 3.52. The molecule has 0 saturated carbocycles. The summed E-state index contributed by atoms with van der Waals surface area (Å²) in [6.07, 6.45) is 0.449. The van der Waals surface area contributed by atoms with Gasteiger partial charge in [0.15, 0.2) is 0 Å². The van der Waals surface area contributed by atoms with Gasteiger partial charge in [0.1, 0.15) is 0 Å². The molecule has 21 heavy (non-hydrogen) atoms. The summed E-state index contributed by atoms with van der Waals surface area (Å²) in [6.45, 7) is 7.77. The summed E-state index contributed by atoms with van der Waals surface area (Å²) in [5.74, 6) is 0.0308. The average Bonchev–Trinajstić information content (AvgIpc) is 2.41. The van der Waals surface area contributed by atoms with E-state index in [1.54, 1.807) is 7.05 Å². The Balaban J connectivity index is 2.86. The van der Waals surface area contributed by atoms with Crippen molar-refractivity contribution in [1.82, 2.24) is 10.6 Å². The van der Waals surface area contributed by atoms with Gasteiger partial charge in [-0.05, 0) is 32.4 Å². The highest BCUT2D eigenvalue weighted by Crippen LogP contribution is 2.29. The molecule has 0 aliphatic rings. The van der Waals surface area contributed by atoms with Crippen molar-refractivity contribution in [2.75, 3.05) is 25.5 Å². The molecule has 1 aromatic carbocycles. The summed E-state index contributed by atoms with van der Waals surface area (Å²) in [7, 11) is 3.61. The summed E-state index contributed by atoms with van der Waals surface area (Å²) in [4.78, 5) is 13.4. The van der Waals surface area contributed by atoms with Gasteiger partial charge in [0.25, 0.3) is 0 Å². The summed E-state index contributed by atoms with van der Waals surface area (Å²) >= 11 is 6.35. The first-order valence-corrected chi connectivity index (χ1v) is 7.56. The fourth-order valence-electron chi connectivity index (χ4n) is 2.00. The molecule has 0 aromatic heterocycles. The highest BCUT2D eigenvalue weighted by Gasteiger charge is 2.15. The van der Waals surface area contributed by atoms with E-state index >= 15 is 0 Å². The Bertz CT molecular complexity index is 483. The molecule has 1 amide bonds. The van der Waals surface area contributed by atoms with Gasteiger partial charge in [0.2, 0.25) is 5.91 Å². The number of hydrogen-bond donors (Lipinski definition) is 2. The van der Waals surface area contributed by atoms with Crippen molar-refractivity contribution in [2.45, 2.75) is 39.3 Å². The number of anilines is 1. The first-order valence-electron chi connectivity index (χ1n) is 7.18. The average molecular weight is 312 g/mol. The van der Waals surface area contributed by atoms with Crippen LogP contribution in [0.25, 0.3) is 0 Å². The zero-order valence-corrected chi connectivity index (χ0v) is 14.3. The second kappa shape index (κ2) is 7.66. The van der Waals surface area contributed by atoms with Crippen LogP contribution in [0.15, 0.2) is 18.2 Å². The molecule has 0 radical (unpaired) electrons. The van der Waals surface area contributed by atoms with Crippen molar-refractivity contribution < 1.29 is 4.79 Å². The fourth-order valence-corrected chi connectivity index (χ4v) is 2.33. The van der Waals surface area contributed by atoms with E-state index in [1.807, 2.05) is 24.1 Å². The summed E-state index contributed by atoms with van der Waals surface area (Å²) in [5.41, 5.74) is 2.16. The topological polar surface area (TPSA) is 44.4 Å². The van der Waals surface area contributed by atoms with Gasteiger partial charge in [-0.3, -0.25) is 4.79 Å². The van der Waals surface area contributed by atoms with E-state index < -0.39 is 0 Å². The van der Waals surface area contributed by atoms with Gasteiger partial charge in [-0.25, -0.2) is 0 Å². The maximum absolute atomic E-state index is 11.4. The third kappa shape index (κ3) is 5.94. The number of nitrogens with one attached hydrogen (secondary N) is 2. The van der Waals surface area contributed by atoms with E-state index in [9.17, 15) is 4.79 Å². The van der Waals surface area contributed by atoms with Gasteiger partial charge in [-0.2, -0.15) is 0 Å².